The van der Waals surface area contributed by atoms with Gasteiger partial charge in [-0.2, -0.15) is 0 Å². The summed E-state index contributed by atoms with van der Waals surface area (Å²) in [6.45, 7) is 9.19. The molecule has 1 heteroatoms. The Morgan fingerprint density at radius 3 is 2.56 bits per heavy atom. The highest BCUT2D eigenvalue weighted by atomic mass is 15.1. The highest BCUT2D eigenvalue weighted by molar-refractivity contribution is 5.49. The number of rotatable bonds is 6. The van der Waals surface area contributed by atoms with Gasteiger partial charge in [0.15, 0.2) is 0 Å². The molecule has 0 aliphatic heterocycles. The molecule has 0 aliphatic rings. The number of nitrogens with zero attached hydrogens (tertiary/aromatic N) is 1. The van der Waals surface area contributed by atoms with E-state index in [9.17, 15) is 0 Å². The fourth-order valence-corrected chi connectivity index (χ4v) is 1.73. The van der Waals surface area contributed by atoms with Gasteiger partial charge in [0.25, 0.3) is 0 Å². The number of allylic oxidation sites excluding steroid dienone is 1. The summed E-state index contributed by atoms with van der Waals surface area (Å²) in [7, 11) is 2.16. The summed E-state index contributed by atoms with van der Waals surface area (Å²) in [4.78, 5) is 2.33. The van der Waals surface area contributed by atoms with E-state index in [2.05, 4.69) is 50.6 Å². The molecule has 1 aromatic rings. The van der Waals surface area contributed by atoms with Gasteiger partial charge in [0.1, 0.15) is 0 Å². The summed E-state index contributed by atoms with van der Waals surface area (Å²) < 4.78 is 0. The number of hydrogen-bond donors (Lipinski definition) is 0. The van der Waals surface area contributed by atoms with E-state index in [-0.39, 0.29) is 0 Å². The summed E-state index contributed by atoms with van der Waals surface area (Å²) >= 11 is 0. The van der Waals surface area contributed by atoms with Gasteiger partial charge in [-0.05, 0) is 56.4 Å². The van der Waals surface area contributed by atoms with Gasteiger partial charge in [-0.15, -0.1) is 6.58 Å². The summed E-state index contributed by atoms with van der Waals surface area (Å²) in [6, 6.07) is 6.67. The first-order chi connectivity index (χ1) is 7.65. The smallest absolute Gasteiger partial charge is 0.0366 e. The van der Waals surface area contributed by atoms with Crippen LogP contribution in [0.15, 0.2) is 30.9 Å². The highest BCUT2D eigenvalue weighted by Gasteiger charge is 2.01. The van der Waals surface area contributed by atoms with Crippen molar-refractivity contribution in [1.29, 1.82) is 0 Å². The van der Waals surface area contributed by atoms with Crippen LogP contribution in [0.2, 0.25) is 0 Å². The lowest BCUT2D eigenvalue weighted by Gasteiger charge is -2.20. The van der Waals surface area contributed by atoms with E-state index in [1.54, 1.807) is 0 Å². The monoisotopic (exact) mass is 217 g/mol. The predicted molar refractivity (Wildman–Crippen MR) is 73.2 cm³/mol. The molecule has 0 unspecified atom stereocenters. The molecule has 1 rings (SSSR count). The number of hydrogen-bond acceptors (Lipinski definition) is 1. The molecule has 0 saturated carbocycles. The average Bonchev–Trinajstić information content (AvgIpc) is 2.28. The lowest BCUT2D eigenvalue weighted by atomic mass is 10.1. The van der Waals surface area contributed by atoms with E-state index in [4.69, 9.17) is 0 Å². The van der Waals surface area contributed by atoms with Gasteiger partial charge < -0.3 is 4.90 Å². The van der Waals surface area contributed by atoms with E-state index in [0.29, 0.717) is 0 Å². The second kappa shape index (κ2) is 6.37. The maximum Gasteiger partial charge on any atom is 0.0366 e. The van der Waals surface area contributed by atoms with E-state index in [1.165, 1.54) is 29.7 Å². The van der Waals surface area contributed by atoms with E-state index in [1.807, 2.05) is 6.08 Å². The molecule has 0 radical (unpaired) electrons. The van der Waals surface area contributed by atoms with Gasteiger partial charge >= 0.3 is 0 Å². The lowest BCUT2D eigenvalue weighted by molar-refractivity contribution is 0.730. The summed E-state index contributed by atoms with van der Waals surface area (Å²) in [5, 5.41) is 0. The van der Waals surface area contributed by atoms with E-state index >= 15 is 0 Å². The molecule has 1 aromatic carbocycles. The fraction of sp³-hybridized carbons (Fsp3) is 0.467. The maximum absolute atomic E-state index is 3.74. The molecule has 0 N–H and O–H groups in total. The van der Waals surface area contributed by atoms with E-state index in [0.717, 1.165) is 13.0 Å². The van der Waals surface area contributed by atoms with Crippen molar-refractivity contribution in [2.75, 3.05) is 18.5 Å². The maximum atomic E-state index is 3.74. The molecule has 88 valence electrons. The first kappa shape index (κ1) is 12.8. The zero-order valence-electron chi connectivity index (χ0n) is 10.8. The molecule has 0 aromatic heterocycles. The van der Waals surface area contributed by atoms with Gasteiger partial charge in [-0.3, -0.25) is 0 Å². The van der Waals surface area contributed by atoms with Crippen molar-refractivity contribution >= 4 is 5.69 Å². The van der Waals surface area contributed by atoms with Gasteiger partial charge in [-0.25, -0.2) is 0 Å². The minimum absolute atomic E-state index is 1.12. The first-order valence-corrected chi connectivity index (χ1v) is 6.04. The predicted octanol–water partition coefficient (Wildman–Crippen LogP) is 4.10. The van der Waals surface area contributed by atoms with Gasteiger partial charge in [0, 0.05) is 19.3 Å². The Hall–Kier alpha value is -1.24. The van der Waals surface area contributed by atoms with Crippen LogP contribution < -0.4 is 4.90 Å². The largest absolute Gasteiger partial charge is 0.375 e. The van der Waals surface area contributed by atoms with Crippen LogP contribution in [0.5, 0.6) is 0 Å². The summed E-state index contributed by atoms with van der Waals surface area (Å²) in [5.74, 6) is 0. The topological polar surface area (TPSA) is 3.24 Å². The van der Waals surface area contributed by atoms with Crippen molar-refractivity contribution in [2.24, 2.45) is 0 Å². The standard InChI is InChI=1S/C15H23N/c1-5-6-7-8-11-16(4)15-10-9-13(2)14(3)12-15/h5,9-10,12H,1,6-8,11H2,2-4H3. The Balaban J connectivity index is 2.49. The Labute approximate surface area is 99.8 Å². The molecule has 16 heavy (non-hydrogen) atoms. The molecule has 0 saturated heterocycles. The van der Waals surface area contributed by atoms with Crippen LogP contribution in [-0.4, -0.2) is 13.6 Å². The Morgan fingerprint density at radius 1 is 1.19 bits per heavy atom. The van der Waals surface area contributed by atoms with Gasteiger partial charge in [0.05, 0.1) is 0 Å². The molecular formula is C15H23N. The molecule has 1 nitrogen and oxygen atoms in total. The molecule has 0 aliphatic carbocycles. The minimum Gasteiger partial charge on any atom is -0.375 e. The fourth-order valence-electron chi connectivity index (χ4n) is 1.73. The van der Waals surface area contributed by atoms with E-state index < -0.39 is 0 Å². The Bertz CT molecular complexity index is 341. The van der Waals surface area contributed by atoms with Gasteiger partial charge in [-0.1, -0.05) is 12.1 Å². The number of benzene rings is 1. The van der Waals surface area contributed by atoms with Crippen molar-refractivity contribution < 1.29 is 0 Å². The highest BCUT2D eigenvalue weighted by Crippen LogP contribution is 2.18. The Kier molecular flexibility index (Phi) is 5.10. The quantitative estimate of drug-likeness (QED) is 0.512. The molecule has 0 amide bonds. The Morgan fingerprint density at radius 2 is 1.94 bits per heavy atom. The van der Waals surface area contributed by atoms with Crippen molar-refractivity contribution in [2.45, 2.75) is 33.1 Å². The van der Waals surface area contributed by atoms with Crippen molar-refractivity contribution in [3.63, 3.8) is 0 Å². The van der Waals surface area contributed by atoms with Crippen molar-refractivity contribution in [3.05, 3.63) is 42.0 Å². The van der Waals surface area contributed by atoms with Crippen LogP contribution in [0.25, 0.3) is 0 Å². The third kappa shape index (κ3) is 3.73. The zero-order valence-corrected chi connectivity index (χ0v) is 10.8. The van der Waals surface area contributed by atoms with Crippen molar-refractivity contribution in [3.8, 4) is 0 Å². The van der Waals surface area contributed by atoms with Gasteiger partial charge in [0.2, 0.25) is 0 Å². The SMILES string of the molecule is C=CCCCCN(C)c1ccc(C)c(C)c1. The average molecular weight is 217 g/mol. The number of unbranched alkanes of at least 4 members (excludes halogenated alkanes) is 2. The van der Waals surface area contributed by atoms with Crippen LogP contribution in [-0.2, 0) is 0 Å². The second-order valence-electron chi connectivity index (χ2n) is 4.47. The van der Waals surface area contributed by atoms with Crippen LogP contribution >= 0.6 is 0 Å². The second-order valence-corrected chi connectivity index (χ2v) is 4.47. The van der Waals surface area contributed by atoms with Crippen LogP contribution in [0.4, 0.5) is 5.69 Å². The first-order valence-electron chi connectivity index (χ1n) is 6.04. The lowest BCUT2D eigenvalue weighted by Crippen LogP contribution is -2.18. The number of aryl methyl sites for hydroxylation is 2. The molecule has 0 atom stereocenters. The minimum atomic E-state index is 1.12. The molecule has 0 bridgehead atoms. The third-order valence-corrected chi connectivity index (χ3v) is 3.08. The van der Waals surface area contributed by atoms with Crippen molar-refractivity contribution in [1.82, 2.24) is 0 Å². The third-order valence-electron chi connectivity index (χ3n) is 3.08. The number of anilines is 1. The molecular weight excluding hydrogens is 194 g/mol. The molecule has 0 fully saturated rings. The van der Waals surface area contributed by atoms with Crippen LogP contribution in [0.3, 0.4) is 0 Å². The molecule has 0 spiro atoms. The zero-order chi connectivity index (χ0) is 12.0. The van der Waals surface area contributed by atoms with Crippen LogP contribution in [0.1, 0.15) is 30.4 Å². The summed E-state index contributed by atoms with van der Waals surface area (Å²) in [5.41, 5.74) is 4.06. The summed E-state index contributed by atoms with van der Waals surface area (Å²) in [6.07, 6.45) is 5.59. The van der Waals surface area contributed by atoms with Crippen LogP contribution in [0, 0.1) is 13.8 Å². The molecule has 0 heterocycles. The normalized spacial score (nSPS) is 10.2.